The standard InChI is InChI=1S/C29H33ClN4O2/c30-33-27(31)26-10-5-17-34(26)29(35)23-15-13-22(14-16-23)28-32-25(19-36-28)24-9-4-8-21(18-24)12-11-20-6-2-1-3-7-20/h4,8-9,13-16,18-20,26H,1-3,5-7,10-12,17H2,(H2,31,33). The van der Waals surface area contributed by atoms with Gasteiger partial charge in [0.15, 0.2) is 0 Å². The third kappa shape index (κ3) is 5.49. The Balaban J connectivity index is 1.25. The minimum atomic E-state index is -0.248. The Bertz CT molecular complexity index is 1210. The molecule has 0 spiro atoms. The van der Waals surface area contributed by atoms with E-state index in [2.05, 4.69) is 28.8 Å². The van der Waals surface area contributed by atoms with E-state index in [1.807, 2.05) is 12.1 Å². The summed E-state index contributed by atoms with van der Waals surface area (Å²) in [7, 11) is 0. The Hall–Kier alpha value is -3.12. The van der Waals surface area contributed by atoms with Crippen LogP contribution in [-0.4, -0.2) is 34.2 Å². The molecule has 2 aromatic carbocycles. The number of nitrogens with zero attached hydrogens (tertiary/aromatic N) is 3. The molecule has 3 aromatic rings. The third-order valence-electron chi connectivity index (χ3n) is 7.62. The van der Waals surface area contributed by atoms with Crippen LogP contribution in [0.4, 0.5) is 0 Å². The predicted molar refractivity (Wildman–Crippen MR) is 144 cm³/mol. The second-order valence-corrected chi connectivity index (χ2v) is 10.2. The lowest BCUT2D eigenvalue weighted by Gasteiger charge is -2.23. The van der Waals surface area contributed by atoms with E-state index >= 15 is 0 Å². The van der Waals surface area contributed by atoms with Crippen molar-refractivity contribution in [2.24, 2.45) is 16.2 Å². The molecule has 6 nitrogen and oxygen atoms in total. The van der Waals surface area contributed by atoms with Gasteiger partial charge in [0.2, 0.25) is 5.89 Å². The molecule has 1 aromatic heterocycles. The molecule has 2 heterocycles. The Labute approximate surface area is 217 Å². The second kappa shape index (κ2) is 11.3. The van der Waals surface area contributed by atoms with Gasteiger partial charge in [-0.05, 0) is 67.5 Å². The predicted octanol–water partition coefficient (Wildman–Crippen LogP) is 6.64. The SMILES string of the molecule is N/C(=N/Cl)C1CCCN1C(=O)c1ccc(-c2nc(-c3cccc(CCC4CCCCC4)c3)co2)cc1. The molecule has 7 heteroatoms. The van der Waals surface area contributed by atoms with Crippen LogP contribution in [-0.2, 0) is 6.42 Å². The molecule has 2 aliphatic rings. The molecular weight excluding hydrogens is 472 g/mol. The zero-order chi connectivity index (χ0) is 24.9. The summed E-state index contributed by atoms with van der Waals surface area (Å²) in [6.45, 7) is 0.640. The van der Waals surface area contributed by atoms with Crippen LogP contribution < -0.4 is 5.73 Å². The summed E-state index contributed by atoms with van der Waals surface area (Å²) in [5.41, 5.74) is 10.6. The van der Waals surface area contributed by atoms with Crippen LogP contribution in [0.25, 0.3) is 22.7 Å². The molecule has 2 fully saturated rings. The van der Waals surface area contributed by atoms with Gasteiger partial charge in [0.1, 0.15) is 17.8 Å². The van der Waals surface area contributed by atoms with E-state index in [0.717, 1.165) is 42.0 Å². The van der Waals surface area contributed by atoms with Crippen molar-refractivity contribution in [3.63, 3.8) is 0 Å². The van der Waals surface area contributed by atoms with Gasteiger partial charge in [-0.1, -0.05) is 50.3 Å². The molecular formula is C29H33ClN4O2. The lowest BCUT2D eigenvalue weighted by molar-refractivity contribution is 0.0769. The summed E-state index contributed by atoms with van der Waals surface area (Å²) in [4.78, 5) is 19.5. The fourth-order valence-corrected chi connectivity index (χ4v) is 5.68. The van der Waals surface area contributed by atoms with Crippen LogP contribution in [0.3, 0.4) is 0 Å². The van der Waals surface area contributed by atoms with Crippen molar-refractivity contribution < 1.29 is 9.21 Å². The van der Waals surface area contributed by atoms with Crippen LogP contribution in [0.15, 0.2) is 63.7 Å². The van der Waals surface area contributed by atoms with Gasteiger partial charge < -0.3 is 15.1 Å². The van der Waals surface area contributed by atoms with Crippen molar-refractivity contribution in [2.45, 2.75) is 63.8 Å². The molecule has 36 heavy (non-hydrogen) atoms. The van der Waals surface area contributed by atoms with Crippen molar-refractivity contribution in [1.29, 1.82) is 0 Å². The highest BCUT2D eigenvalue weighted by Crippen LogP contribution is 2.30. The lowest BCUT2D eigenvalue weighted by Crippen LogP contribution is -2.43. The van der Waals surface area contributed by atoms with Crippen molar-refractivity contribution in [1.82, 2.24) is 9.88 Å². The van der Waals surface area contributed by atoms with Crippen molar-refractivity contribution in [3.8, 4) is 22.7 Å². The number of aryl methyl sites for hydroxylation is 1. The highest BCUT2D eigenvalue weighted by atomic mass is 35.5. The van der Waals surface area contributed by atoms with Crippen molar-refractivity contribution >= 4 is 23.5 Å². The summed E-state index contributed by atoms with van der Waals surface area (Å²) in [6.07, 6.45) is 12.7. The zero-order valence-electron chi connectivity index (χ0n) is 20.5. The minimum absolute atomic E-state index is 0.0783. The smallest absolute Gasteiger partial charge is 0.254 e. The minimum Gasteiger partial charge on any atom is -0.444 e. The first-order chi connectivity index (χ1) is 17.6. The lowest BCUT2D eigenvalue weighted by atomic mass is 9.85. The molecule has 0 bridgehead atoms. The molecule has 188 valence electrons. The van der Waals surface area contributed by atoms with E-state index in [1.165, 1.54) is 44.1 Å². The number of oxazole rings is 1. The Kier molecular flexibility index (Phi) is 7.71. The van der Waals surface area contributed by atoms with Gasteiger partial charge in [-0.2, -0.15) is 4.51 Å². The Morgan fingerprint density at radius 2 is 1.86 bits per heavy atom. The maximum atomic E-state index is 13.0. The molecule has 0 radical (unpaired) electrons. The monoisotopic (exact) mass is 504 g/mol. The number of benzene rings is 2. The van der Waals surface area contributed by atoms with Crippen LogP contribution in [0.1, 0.15) is 67.3 Å². The topological polar surface area (TPSA) is 84.7 Å². The van der Waals surface area contributed by atoms with E-state index in [0.29, 0.717) is 18.0 Å². The number of hydrogen-bond donors (Lipinski definition) is 1. The van der Waals surface area contributed by atoms with Crippen LogP contribution in [0.5, 0.6) is 0 Å². The third-order valence-corrected chi connectivity index (χ3v) is 7.82. The second-order valence-electron chi connectivity index (χ2n) is 10.0. The molecule has 1 saturated carbocycles. The highest BCUT2D eigenvalue weighted by molar-refractivity contribution is 6.20. The number of rotatable bonds is 7. The highest BCUT2D eigenvalue weighted by Gasteiger charge is 2.32. The Morgan fingerprint density at radius 1 is 1.06 bits per heavy atom. The van der Waals surface area contributed by atoms with Gasteiger partial charge in [-0.3, -0.25) is 4.79 Å². The van der Waals surface area contributed by atoms with Gasteiger partial charge in [0.25, 0.3) is 5.91 Å². The summed E-state index contributed by atoms with van der Waals surface area (Å²) in [6, 6.07) is 15.7. The molecule has 2 N–H and O–H groups in total. The maximum absolute atomic E-state index is 13.0. The summed E-state index contributed by atoms with van der Waals surface area (Å²) in [5.74, 6) is 1.61. The summed E-state index contributed by atoms with van der Waals surface area (Å²) in [5, 5.41) is 0. The largest absolute Gasteiger partial charge is 0.444 e. The molecule has 1 amide bonds. The molecule has 1 aliphatic carbocycles. The fraction of sp³-hybridized carbons (Fsp3) is 0.414. The van der Waals surface area contributed by atoms with E-state index in [-0.39, 0.29) is 17.8 Å². The summed E-state index contributed by atoms with van der Waals surface area (Å²) < 4.78 is 9.38. The molecule has 1 saturated heterocycles. The maximum Gasteiger partial charge on any atom is 0.254 e. The Morgan fingerprint density at radius 3 is 2.64 bits per heavy atom. The average molecular weight is 505 g/mol. The first-order valence-electron chi connectivity index (χ1n) is 13.0. The number of amides is 1. The summed E-state index contributed by atoms with van der Waals surface area (Å²) >= 11 is 5.55. The van der Waals surface area contributed by atoms with Crippen LogP contribution in [0, 0.1) is 5.92 Å². The number of halogens is 1. The fourth-order valence-electron chi connectivity index (χ4n) is 5.57. The molecule has 5 rings (SSSR count). The molecule has 1 atom stereocenters. The average Bonchev–Trinajstić information content (AvgIpc) is 3.63. The number of aromatic nitrogens is 1. The van der Waals surface area contributed by atoms with Gasteiger partial charge in [-0.15, -0.1) is 0 Å². The van der Waals surface area contributed by atoms with Crippen LogP contribution >= 0.6 is 11.8 Å². The van der Waals surface area contributed by atoms with E-state index < -0.39 is 0 Å². The van der Waals surface area contributed by atoms with Gasteiger partial charge >= 0.3 is 0 Å². The molecule has 1 unspecified atom stereocenters. The molecule has 1 aliphatic heterocycles. The van der Waals surface area contributed by atoms with E-state index in [4.69, 9.17) is 26.9 Å². The van der Waals surface area contributed by atoms with Gasteiger partial charge in [0.05, 0.1) is 6.04 Å². The number of carbonyl (C=O) groups excluding carboxylic acids is 1. The number of hydrogen-bond acceptors (Lipinski definition) is 4. The quantitative estimate of drug-likeness (QED) is 0.289. The number of nitrogens with two attached hydrogens (primary N) is 1. The van der Waals surface area contributed by atoms with Gasteiger partial charge in [0, 0.05) is 35.0 Å². The van der Waals surface area contributed by atoms with E-state index in [9.17, 15) is 4.79 Å². The van der Waals surface area contributed by atoms with Crippen molar-refractivity contribution in [2.75, 3.05) is 6.54 Å². The van der Waals surface area contributed by atoms with Crippen LogP contribution in [0.2, 0.25) is 0 Å². The van der Waals surface area contributed by atoms with Crippen molar-refractivity contribution in [3.05, 3.63) is 65.9 Å². The first-order valence-corrected chi connectivity index (χ1v) is 13.4. The first kappa shape index (κ1) is 24.6. The number of likely N-dealkylation sites (tertiary alicyclic amines) is 1. The number of carbonyl (C=O) groups is 1. The van der Waals surface area contributed by atoms with Gasteiger partial charge in [-0.25, -0.2) is 4.98 Å². The number of amidine groups is 1. The zero-order valence-corrected chi connectivity index (χ0v) is 21.3. The normalized spacial score (nSPS) is 19.1. The van der Waals surface area contributed by atoms with E-state index in [1.54, 1.807) is 23.3 Å².